The van der Waals surface area contributed by atoms with Crippen LogP contribution in [0.15, 0.2) is 43.0 Å². The molecule has 1 fully saturated rings. The van der Waals surface area contributed by atoms with Crippen molar-refractivity contribution in [1.29, 1.82) is 0 Å². The summed E-state index contributed by atoms with van der Waals surface area (Å²) in [5.74, 6) is 0. The summed E-state index contributed by atoms with van der Waals surface area (Å²) in [6, 6.07) is 9.99. The standard InChI is InChI=1S/C16H22N2O2.ClH/c1-2-12-18(15-8-10-17-11-9-15)16(19)20-13-14-6-4-3-5-7-14;/h2-7,15,17H,1,8-13H2;1H. The van der Waals surface area contributed by atoms with Crippen molar-refractivity contribution in [2.75, 3.05) is 19.6 Å². The van der Waals surface area contributed by atoms with Crippen LogP contribution < -0.4 is 5.32 Å². The molecular weight excluding hydrogens is 288 g/mol. The fraction of sp³-hybridized carbons (Fsp3) is 0.438. The van der Waals surface area contributed by atoms with Gasteiger partial charge in [0.1, 0.15) is 6.61 Å². The molecule has 21 heavy (non-hydrogen) atoms. The largest absolute Gasteiger partial charge is 0.445 e. The number of piperidine rings is 1. The monoisotopic (exact) mass is 310 g/mol. The second kappa shape index (κ2) is 9.42. The van der Waals surface area contributed by atoms with Crippen molar-refractivity contribution in [2.24, 2.45) is 0 Å². The van der Waals surface area contributed by atoms with Crippen LogP contribution in [-0.4, -0.2) is 36.7 Å². The van der Waals surface area contributed by atoms with Gasteiger partial charge in [-0.1, -0.05) is 36.4 Å². The molecule has 1 aliphatic heterocycles. The normalized spacial score (nSPS) is 14.9. The van der Waals surface area contributed by atoms with Crippen molar-refractivity contribution in [2.45, 2.75) is 25.5 Å². The number of carbonyl (C=O) groups is 1. The lowest BCUT2D eigenvalue weighted by molar-refractivity contribution is 0.0787. The summed E-state index contributed by atoms with van der Waals surface area (Å²) < 4.78 is 5.41. The predicted molar refractivity (Wildman–Crippen MR) is 86.7 cm³/mol. The summed E-state index contributed by atoms with van der Waals surface area (Å²) in [4.78, 5) is 14.0. The number of amides is 1. The number of nitrogens with zero attached hydrogens (tertiary/aromatic N) is 1. The molecule has 0 radical (unpaired) electrons. The second-order valence-electron chi connectivity index (χ2n) is 4.96. The first-order valence-electron chi connectivity index (χ1n) is 7.10. The lowest BCUT2D eigenvalue weighted by atomic mass is 10.1. The van der Waals surface area contributed by atoms with Crippen molar-refractivity contribution in [3.8, 4) is 0 Å². The molecule has 0 saturated carbocycles. The van der Waals surface area contributed by atoms with E-state index in [2.05, 4.69) is 11.9 Å². The van der Waals surface area contributed by atoms with Gasteiger partial charge in [-0.3, -0.25) is 0 Å². The van der Waals surface area contributed by atoms with E-state index >= 15 is 0 Å². The number of nitrogens with one attached hydrogen (secondary N) is 1. The molecule has 1 N–H and O–H groups in total. The van der Waals surface area contributed by atoms with Crippen LogP contribution in [0.3, 0.4) is 0 Å². The summed E-state index contributed by atoms with van der Waals surface area (Å²) in [5.41, 5.74) is 1.00. The minimum atomic E-state index is -0.249. The smallest absolute Gasteiger partial charge is 0.410 e. The van der Waals surface area contributed by atoms with Crippen molar-refractivity contribution in [3.63, 3.8) is 0 Å². The van der Waals surface area contributed by atoms with Gasteiger partial charge >= 0.3 is 6.09 Å². The van der Waals surface area contributed by atoms with Gasteiger partial charge in [0, 0.05) is 12.6 Å². The highest BCUT2D eigenvalue weighted by atomic mass is 35.5. The Morgan fingerprint density at radius 1 is 1.33 bits per heavy atom. The molecule has 0 aliphatic carbocycles. The van der Waals surface area contributed by atoms with Gasteiger partial charge in [-0.15, -0.1) is 19.0 Å². The Morgan fingerprint density at radius 2 is 2.00 bits per heavy atom. The Balaban J connectivity index is 0.00000220. The van der Waals surface area contributed by atoms with Crippen molar-refractivity contribution in [3.05, 3.63) is 48.6 Å². The molecule has 1 amide bonds. The lowest BCUT2D eigenvalue weighted by Gasteiger charge is -2.33. The van der Waals surface area contributed by atoms with Crippen molar-refractivity contribution >= 4 is 18.5 Å². The fourth-order valence-electron chi connectivity index (χ4n) is 2.43. The third kappa shape index (κ3) is 5.40. The van der Waals surface area contributed by atoms with E-state index in [-0.39, 0.29) is 24.5 Å². The Labute approximate surface area is 132 Å². The van der Waals surface area contributed by atoms with Gasteiger partial charge in [0.2, 0.25) is 0 Å². The van der Waals surface area contributed by atoms with Gasteiger partial charge in [-0.2, -0.15) is 0 Å². The third-order valence-electron chi connectivity index (χ3n) is 3.51. The van der Waals surface area contributed by atoms with Crippen LogP contribution in [0.25, 0.3) is 0 Å². The molecule has 0 atom stereocenters. The zero-order valence-corrected chi connectivity index (χ0v) is 13.0. The zero-order valence-electron chi connectivity index (χ0n) is 12.2. The molecule has 1 aromatic rings. The van der Waals surface area contributed by atoms with E-state index in [1.165, 1.54) is 0 Å². The number of halogens is 1. The molecule has 5 heteroatoms. The van der Waals surface area contributed by atoms with E-state index in [4.69, 9.17) is 4.74 Å². The average molecular weight is 311 g/mol. The van der Waals surface area contributed by atoms with Crippen LogP contribution in [0.4, 0.5) is 4.79 Å². The first-order valence-corrected chi connectivity index (χ1v) is 7.10. The maximum Gasteiger partial charge on any atom is 0.410 e. The second-order valence-corrected chi connectivity index (χ2v) is 4.96. The summed E-state index contributed by atoms with van der Waals surface area (Å²) in [7, 11) is 0. The number of ether oxygens (including phenoxy) is 1. The fourth-order valence-corrected chi connectivity index (χ4v) is 2.43. The maximum absolute atomic E-state index is 12.2. The number of carbonyl (C=O) groups excluding carboxylic acids is 1. The first kappa shape index (κ1) is 17.5. The Bertz CT molecular complexity index is 433. The predicted octanol–water partition coefficient (Wildman–Crippen LogP) is 2.99. The summed E-state index contributed by atoms with van der Waals surface area (Å²) >= 11 is 0. The van der Waals surface area contributed by atoms with E-state index in [9.17, 15) is 4.79 Å². The van der Waals surface area contributed by atoms with Gasteiger partial charge in [0.25, 0.3) is 0 Å². The minimum Gasteiger partial charge on any atom is -0.445 e. The zero-order chi connectivity index (χ0) is 14.2. The summed E-state index contributed by atoms with van der Waals surface area (Å²) in [6.07, 6.45) is 3.44. The highest BCUT2D eigenvalue weighted by molar-refractivity contribution is 5.85. The lowest BCUT2D eigenvalue weighted by Crippen LogP contribution is -2.46. The highest BCUT2D eigenvalue weighted by Gasteiger charge is 2.25. The van der Waals surface area contributed by atoms with Gasteiger partial charge in [0.15, 0.2) is 0 Å². The van der Waals surface area contributed by atoms with Crippen LogP contribution >= 0.6 is 12.4 Å². The summed E-state index contributed by atoms with van der Waals surface area (Å²) in [6.45, 7) is 6.49. The SMILES string of the molecule is C=CCN(C(=O)OCc1ccccc1)C1CCNCC1.Cl. The molecule has 4 nitrogen and oxygen atoms in total. The quantitative estimate of drug-likeness (QED) is 0.850. The van der Waals surface area contributed by atoms with Crippen LogP contribution in [0.2, 0.25) is 0 Å². The van der Waals surface area contributed by atoms with Gasteiger partial charge in [0.05, 0.1) is 0 Å². The van der Waals surface area contributed by atoms with E-state index in [1.54, 1.807) is 11.0 Å². The molecule has 2 rings (SSSR count). The Morgan fingerprint density at radius 3 is 2.62 bits per heavy atom. The molecule has 1 aliphatic rings. The number of hydrogen-bond acceptors (Lipinski definition) is 3. The van der Waals surface area contributed by atoms with E-state index in [1.807, 2.05) is 30.3 Å². The molecular formula is C16H23ClN2O2. The Hall–Kier alpha value is -1.52. The molecule has 1 saturated heterocycles. The van der Waals surface area contributed by atoms with Crippen LogP contribution in [0.5, 0.6) is 0 Å². The van der Waals surface area contributed by atoms with Crippen LogP contribution in [0.1, 0.15) is 18.4 Å². The van der Waals surface area contributed by atoms with E-state index in [0.29, 0.717) is 13.2 Å². The molecule has 0 bridgehead atoms. The molecule has 116 valence electrons. The van der Waals surface area contributed by atoms with Gasteiger partial charge in [-0.25, -0.2) is 4.79 Å². The molecule has 0 aromatic heterocycles. The maximum atomic E-state index is 12.2. The van der Waals surface area contributed by atoms with Crippen molar-refractivity contribution in [1.82, 2.24) is 10.2 Å². The molecule has 1 aromatic carbocycles. The topological polar surface area (TPSA) is 41.6 Å². The average Bonchev–Trinajstić information content (AvgIpc) is 2.52. The van der Waals surface area contributed by atoms with E-state index in [0.717, 1.165) is 31.5 Å². The van der Waals surface area contributed by atoms with Crippen LogP contribution in [0, 0.1) is 0 Å². The number of rotatable bonds is 5. The Kier molecular flexibility index (Phi) is 7.87. The molecule has 0 spiro atoms. The van der Waals surface area contributed by atoms with E-state index < -0.39 is 0 Å². The van der Waals surface area contributed by atoms with Crippen molar-refractivity contribution < 1.29 is 9.53 Å². The number of hydrogen-bond donors (Lipinski definition) is 1. The van der Waals surface area contributed by atoms with Gasteiger partial charge in [-0.05, 0) is 31.5 Å². The van der Waals surface area contributed by atoms with Gasteiger partial charge < -0.3 is 15.0 Å². The number of benzene rings is 1. The highest BCUT2D eigenvalue weighted by Crippen LogP contribution is 2.14. The third-order valence-corrected chi connectivity index (χ3v) is 3.51. The summed E-state index contributed by atoms with van der Waals surface area (Å²) in [5, 5.41) is 3.30. The molecule has 1 heterocycles. The molecule has 0 unspecified atom stereocenters. The first-order chi connectivity index (χ1) is 9.81. The van der Waals surface area contributed by atoms with Crippen LogP contribution in [-0.2, 0) is 11.3 Å². The minimum absolute atomic E-state index is 0.